The fraction of sp³-hybridized carbons (Fsp3) is 0.899. The lowest BCUT2D eigenvalue weighted by Gasteiger charge is -2.40. The minimum atomic E-state index is -4.48. The predicted molar refractivity (Wildman–Crippen MR) is 639 cm³/mol. The summed E-state index contributed by atoms with van der Waals surface area (Å²) in [5.41, 5.74) is -0.146. The molecular formula is C119H247N17O13S. The van der Waals surface area contributed by atoms with Gasteiger partial charge in [-0.15, -0.1) is 0 Å². The lowest BCUT2D eigenvalue weighted by Crippen LogP contribution is -2.50. The molecule has 2 N–H and O–H groups in total. The van der Waals surface area contributed by atoms with Crippen molar-refractivity contribution in [3.8, 4) is 0 Å². The molecule has 892 valence electrons. The van der Waals surface area contributed by atoms with E-state index in [0.717, 1.165) is 122 Å². The lowest BCUT2D eigenvalue weighted by atomic mass is 9.88. The third kappa shape index (κ3) is 63.1. The molecule has 3 unspecified atom stereocenters. The van der Waals surface area contributed by atoms with Crippen LogP contribution in [0.4, 0.5) is 11.4 Å². The highest BCUT2D eigenvalue weighted by Gasteiger charge is 2.41. The van der Waals surface area contributed by atoms with Crippen LogP contribution in [0, 0.1) is 48.7 Å². The first kappa shape index (κ1) is 155. The van der Waals surface area contributed by atoms with Crippen molar-refractivity contribution in [2.45, 2.75) is 455 Å². The van der Waals surface area contributed by atoms with Crippen LogP contribution in [0.1, 0.15) is 392 Å². The van der Waals surface area contributed by atoms with E-state index in [1.165, 1.54) is 12.8 Å². The molecule has 31 heteroatoms. The molecule has 1 saturated heterocycles. The monoisotopic (exact) mass is 2150 g/mol. The van der Waals surface area contributed by atoms with E-state index < -0.39 is 21.2 Å². The summed E-state index contributed by atoms with van der Waals surface area (Å²) < 4.78 is 39.4. The smallest absolute Gasteiger partial charge is 0.397 e. The summed E-state index contributed by atoms with van der Waals surface area (Å²) in [6.07, 6.45) is 11.2. The topological polar surface area (TPSA) is 277 Å². The minimum absolute atomic E-state index is 0. The first-order valence-electron chi connectivity index (χ1n) is 55.2. The molecule has 1 aromatic heterocycles. The van der Waals surface area contributed by atoms with E-state index in [9.17, 15) is 46.8 Å². The van der Waals surface area contributed by atoms with E-state index in [4.69, 9.17) is 8.97 Å². The Labute approximate surface area is 926 Å². The van der Waals surface area contributed by atoms with Crippen LogP contribution in [0.2, 0.25) is 0 Å². The highest BCUT2D eigenvalue weighted by atomic mass is 32.3. The van der Waals surface area contributed by atoms with Crippen molar-refractivity contribution in [2.75, 3.05) is 213 Å². The van der Waals surface area contributed by atoms with E-state index in [2.05, 4.69) is 269 Å². The Morgan fingerprint density at radius 1 is 0.380 bits per heavy atom. The van der Waals surface area contributed by atoms with Crippen LogP contribution < -0.4 is 15.1 Å². The number of hydrogen-bond acceptors (Lipinski definition) is 21. The highest BCUT2D eigenvalue weighted by Crippen LogP contribution is 2.37. The molecule has 2 fully saturated rings. The third-order valence-electron chi connectivity index (χ3n) is 27.4. The van der Waals surface area contributed by atoms with Gasteiger partial charge in [-0.1, -0.05) is 187 Å². The summed E-state index contributed by atoms with van der Waals surface area (Å²) in [6.45, 7) is 113. The van der Waals surface area contributed by atoms with Crippen molar-refractivity contribution < 1.29 is 59.9 Å². The number of anilines is 2. The molecule has 2 heterocycles. The number of hydrogen-bond donors (Lipinski definition) is 2. The van der Waals surface area contributed by atoms with Gasteiger partial charge in [0.15, 0.2) is 0 Å². The van der Waals surface area contributed by atoms with Crippen LogP contribution >= 0.6 is 0 Å². The number of rotatable bonds is 32. The van der Waals surface area contributed by atoms with Crippen LogP contribution in [0.15, 0.2) is 16.9 Å². The van der Waals surface area contributed by atoms with Gasteiger partial charge < -0.3 is 68.5 Å². The summed E-state index contributed by atoms with van der Waals surface area (Å²) in [5.74, 6) is 1.41. The Kier molecular flexibility index (Phi) is 65.4. The van der Waals surface area contributed by atoms with Crippen LogP contribution in [0.5, 0.6) is 0 Å². The number of furan rings is 1. The SMILES string of the molecule is C.CC(C)N(CCN(C)C(=O)C(C)(C)C)C(C)(C)C.CN(C(=O)C(C)(C)C)c1cocc1N(C)C(C)(C)C.CN(C)CCCN(CCN(C)C(C)(C)C)C(=O)C(C)(C)C.CN(CC(C)(C)CN(C)C(C)(C)C)C(=O)C(C)(C)C.CN(CC1CCCN1C(=O)C(C)(C)C)C(C)(C)C.CN(CCCN(C)C(C)(C)C)C(=O)C(C)(C)C.CN(CCN(CCOS(=O)(=O)O)C(=O)C(C)(C)C)C(C)(C)C.CNC1CCCC1N(C)C(=O)C(C)(C)C. The first-order chi connectivity index (χ1) is 65.9. The van der Waals surface area contributed by atoms with Crippen molar-refractivity contribution in [1.82, 2.24) is 73.9 Å². The first-order valence-corrected chi connectivity index (χ1v) is 56.5. The molecule has 150 heavy (non-hydrogen) atoms. The molecule has 2 aliphatic rings. The number of carbonyl (C=O) groups is 8. The molecule has 0 spiro atoms. The molecule has 3 rings (SSSR count). The maximum Gasteiger partial charge on any atom is 0.397 e. The molecule has 1 aliphatic carbocycles. The summed E-state index contributed by atoms with van der Waals surface area (Å²) in [7, 11) is 23.6. The maximum atomic E-state index is 12.6. The average molecular weight is 2160 g/mol. The number of nitrogens with zero attached hydrogens (tertiary/aromatic N) is 16. The summed E-state index contributed by atoms with van der Waals surface area (Å²) in [4.78, 5) is 131. The Morgan fingerprint density at radius 2 is 0.740 bits per heavy atom. The number of nitrogens with one attached hydrogen (secondary N) is 1. The van der Waals surface area contributed by atoms with Crippen LogP contribution in [0.25, 0.3) is 0 Å². The number of likely N-dealkylation sites (N-methyl/N-ethyl adjacent to an activating group) is 6. The van der Waals surface area contributed by atoms with Gasteiger partial charge in [-0.3, -0.25) is 62.5 Å². The molecule has 30 nitrogen and oxygen atoms in total. The van der Waals surface area contributed by atoms with E-state index in [1.54, 1.807) is 50.1 Å². The Hall–Kier alpha value is -5.61. The molecule has 0 aromatic carbocycles. The van der Waals surface area contributed by atoms with Gasteiger partial charge in [-0.05, 0) is 273 Å². The molecule has 1 saturated carbocycles. The van der Waals surface area contributed by atoms with Gasteiger partial charge in [0.25, 0.3) is 0 Å². The molecule has 8 amide bonds. The molecule has 1 aromatic rings. The van der Waals surface area contributed by atoms with E-state index in [-0.39, 0.29) is 139 Å². The number of amides is 8. The zero-order valence-electron chi connectivity index (χ0n) is 109. The van der Waals surface area contributed by atoms with Crippen molar-refractivity contribution in [3.05, 3.63) is 12.5 Å². The third-order valence-corrected chi connectivity index (χ3v) is 27.9. The predicted octanol–water partition coefficient (Wildman–Crippen LogP) is 21.4. The maximum absolute atomic E-state index is 12.6. The second-order valence-corrected chi connectivity index (χ2v) is 59.9. The zero-order chi connectivity index (χ0) is 120. The van der Waals surface area contributed by atoms with Crippen molar-refractivity contribution in [3.63, 3.8) is 0 Å². The van der Waals surface area contributed by atoms with Gasteiger partial charge in [0.05, 0.1) is 12.3 Å². The minimum Gasteiger partial charge on any atom is -0.468 e. The van der Waals surface area contributed by atoms with E-state index in [1.807, 2.05) is 219 Å². The van der Waals surface area contributed by atoms with Crippen molar-refractivity contribution >= 4 is 69.0 Å². The standard InChI is InChI=1S/C17H37N3O.C16H34N2O.C15H26N2O2.C15H30N2O.C15H32N2O.C14H30N2O5S.C14H30N2O.C12H24N2O.CH4/c1-16(2,3)15(21)20(12-10-11-18(7)8)14-13-19(9)17(4,5)6;1-14(2,3)13(19)17(9)11-16(7,8)12-18(10)15(4,5)6;1-14(2,3)13(18)16(7)11-9-19-10-12(11)17(8)15(4,5)6;1-14(2,3)13(18)17-10-8-9-12(17)11-16(7)15(4,5)6;1-12(2)17(15(6,7)8)11-10-16(9)13(18)14(3,4)5;1-13(2,3)12(17)16(10-11-21-22(18,19)20)9-8-15(7)14(4,5)6;1-13(2,3)12(17)15(7)10-9-11-16(8)14(4,5)6;1-12(2,3)11(15)14(5)10-8-6-7-9(10)13-4;/h10-14H2,1-9H3;11-12H2,1-10H3;9-10H,1-8H3;12H,8-11H2,1-7H3;12H,10-11H2,1-9H3;8-11H2,1-7H3,(H,18,19,20);9-11H2,1-8H3;9-10,13H,6-8H2,1-5H3;1H4. The van der Waals surface area contributed by atoms with Gasteiger partial charge in [0.1, 0.15) is 18.2 Å². The van der Waals surface area contributed by atoms with Gasteiger partial charge in [0.2, 0.25) is 47.3 Å². The highest BCUT2D eigenvalue weighted by molar-refractivity contribution is 7.80. The van der Waals surface area contributed by atoms with Crippen LogP contribution in [0.3, 0.4) is 0 Å². The fourth-order valence-corrected chi connectivity index (χ4v) is 16.5. The molecule has 3 atom stereocenters. The van der Waals surface area contributed by atoms with Crippen molar-refractivity contribution in [2.24, 2.45) is 48.7 Å². The van der Waals surface area contributed by atoms with Crippen LogP contribution in [-0.4, -0.2) is 395 Å². The second-order valence-electron chi connectivity index (χ2n) is 58.8. The Bertz CT molecular complexity index is 4150. The summed E-state index contributed by atoms with van der Waals surface area (Å²) in [5, 5.41) is 3.31. The van der Waals surface area contributed by atoms with E-state index >= 15 is 0 Å². The summed E-state index contributed by atoms with van der Waals surface area (Å²) in [6, 6.07) is 1.73. The number of carbonyl (C=O) groups excluding carboxylic acids is 8. The normalized spacial score (nSPS) is 15.5. The Balaban J connectivity index is -0.000000395. The van der Waals surface area contributed by atoms with Crippen molar-refractivity contribution in [1.29, 1.82) is 0 Å². The molecular weight excluding hydrogens is 1910 g/mol. The van der Waals surface area contributed by atoms with Gasteiger partial charge in [-0.2, -0.15) is 8.42 Å². The van der Waals surface area contributed by atoms with Crippen LogP contribution in [-0.2, 0) is 52.9 Å². The zero-order valence-corrected chi connectivity index (χ0v) is 110. The largest absolute Gasteiger partial charge is 0.468 e. The van der Waals surface area contributed by atoms with Gasteiger partial charge in [0, 0.05) is 240 Å². The molecule has 1 aliphatic heterocycles. The average Bonchev–Trinajstić information content (AvgIpc) is 1.65. The fourth-order valence-electron chi connectivity index (χ4n) is 16.2. The van der Waals surface area contributed by atoms with Gasteiger partial charge in [-0.25, -0.2) is 4.18 Å². The lowest BCUT2D eigenvalue weighted by molar-refractivity contribution is -0.141. The van der Waals surface area contributed by atoms with Gasteiger partial charge >= 0.3 is 10.4 Å². The second kappa shape index (κ2) is 63.3. The number of likely N-dealkylation sites (tertiary alicyclic amines) is 1. The molecule has 0 radical (unpaired) electrons. The molecule has 0 bridgehead atoms. The Morgan fingerprint density at radius 3 is 1.08 bits per heavy atom. The quantitative estimate of drug-likeness (QED) is 0.0634. The van der Waals surface area contributed by atoms with E-state index in [0.29, 0.717) is 43.2 Å². The summed E-state index contributed by atoms with van der Waals surface area (Å²) >= 11 is 0.